The van der Waals surface area contributed by atoms with Gasteiger partial charge in [-0.2, -0.15) is 0 Å². The van der Waals surface area contributed by atoms with E-state index in [1.54, 1.807) is 0 Å². The Hall–Kier alpha value is 0.420. The maximum atomic E-state index is 8.07. The van der Waals surface area contributed by atoms with Crippen molar-refractivity contribution in [2.45, 2.75) is 0 Å². The zero-order valence-electron chi connectivity index (χ0n) is 2.56. The summed E-state index contributed by atoms with van der Waals surface area (Å²) in [5, 5.41) is 0. The van der Waals surface area contributed by atoms with Crippen LogP contribution in [0.25, 0.3) is 0 Å². The van der Waals surface area contributed by atoms with Crippen molar-refractivity contribution in [1.29, 1.82) is 0 Å². The molecule has 0 amide bonds. The minimum atomic E-state index is -1.36. The normalized spacial score (nSPS) is 14.0. The Bertz CT molecular complexity index is 36.6. The second-order valence-electron chi connectivity index (χ2n) is 0.471. The summed E-state index contributed by atoms with van der Waals surface area (Å²) >= 11 is 4.96. The summed E-state index contributed by atoms with van der Waals surface area (Å²) in [7, 11) is -1.36. The van der Waals surface area contributed by atoms with Gasteiger partial charge in [-0.15, -0.1) is 0 Å². The first kappa shape index (κ1) is 5.42. The highest BCUT2D eigenvalue weighted by Gasteiger charge is 1.80. The minimum absolute atomic E-state index is 1.30. The van der Waals surface area contributed by atoms with Gasteiger partial charge in [0, 0.05) is 0 Å². The van der Waals surface area contributed by atoms with Crippen molar-refractivity contribution >= 4 is 18.7 Å². The molecule has 0 heterocycles. The van der Waals surface area contributed by atoms with Gasteiger partial charge in [0.2, 0.25) is 0 Å². The molecule has 1 unspecified atom stereocenters. The maximum absolute atomic E-state index is 8.07. The van der Waals surface area contributed by atoms with E-state index in [2.05, 4.69) is 6.58 Å². The first-order valence-corrected chi connectivity index (χ1v) is 3.30. The monoisotopic (exact) mass is 110 g/mol. The summed E-state index contributed by atoms with van der Waals surface area (Å²) in [5.74, 6) is 1.30. The highest BCUT2D eigenvalue weighted by Crippen LogP contribution is 2.35. The Labute approximate surface area is 36.9 Å². The summed E-state index contributed by atoms with van der Waals surface area (Å²) in [5.41, 5.74) is 0. The average Bonchev–Trinajstić information content (AvgIpc) is 1.38. The van der Waals surface area contributed by atoms with E-state index in [1.165, 1.54) is 5.82 Å². The van der Waals surface area contributed by atoms with Crippen LogP contribution in [-0.4, -0.2) is 4.89 Å². The van der Waals surface area contributed by atoms with Crippen LogP contribution < -0.4 is 0 Å². The van der Waals surface area contributed by atoms with Crippen LogP contribution in [0.1, 0.15) is 0 Å². The molecule has 1 nitrogen and oxygen atoms in total. The molecule has 0 bridgehead atoms. The van der Waals surface area contributed by atoms with E-state index in [0.717, 1.165) is 0 Å². The van der Waals surface area contributed by atoms with Gasteiger partial charge >= 0.3 is 0 Å². The fraction of sp³-hybridized carbons (Fsp3) is 0. The SMILES string of the molecule is C=CP(O)Cl. The van der Waals surface area contributed by atoms with E-state index in [-0.39, 0.29) is 0 Å². The molecule has 0 rings (SSSR count). The Morgan fingerprint density at radius 2 is 2.20 bits per heavy atom. The van der Waals surface area contributed by atoms with Crippen molar-refractivity contribution < 1.29 is 4.89 Å². The third kappa shape index (κ3) is 4.42. The first-order chi connectivity index (χ1) is 2.27. The lowest BCUT2D eigenvalue weighted by molar-refractivity contribution is 0.649. The molecule has 0 aromatic carbocycles. The van der Waals surface area contributed by atoms with Gasteiger partial charge in [0.1, 0.15) is 7.50 Å². The second kappa shape index (κ2) is 2.65. The molecular formula is C2H4ClOP. The van der Waals surface area contributed by atoms with E-state index in [4.69, 9.17) is 16.1 Å². The first-order valence-electron chi connectivity index (χ1n) is 1.04. The van der Waals surface area contributed by atoms with Crippen molar-refractivity contribution in [3.05, 3.63) is 12.4 Å². The molecule has 0 fully saturated rings. The number of hydrogen-bond acceptors (Lipinski definition) is 1. The Balaban J connectivity index is 2.83. The number of rotatable bonds is 1. The van der Waals surface area contributed by atoms with Crippen molar-refractivity contribution in [3.63, 3.8) is 0 Å². The fourth-order valence-corrected chi connectivity index (χ4v) is 0. The van der Waals surface area contributed by atoms with Gasteiger partial charge < -0.3 is 4.89 Å². The van der Waals surface area contributed by atoms with Crippen LogP contribution in [0, 0.1) is 0 Å². The topological polar surface area (TPSA) is 20.2 Å². The molecule has 1 N–H and O–H groups in total. The second-order valence-corrected chi connectivity index (χ2v) is 2.45. The lowest BCUT2D eigenvalue weighted by Gasteiger charge is -1.80. The van der Waals surface area contributed by atoms with E-state index >= 15 is 0 Å². The average molecular weight is 110 g/mol. The van der Waals surface area contributed by atoms with Crippen molar-refractivity contribution in [2.24, 2.45) is 0 Å². The van der Waals surface area contributed by atoms with Crippen molar-refractivity contribution in [1.82, 2.24) is 0 Å². The van der Waals surface area contributed by atoms with Gasteiger partial charge in [-0.3, -0.25) is 0 Å². The van der Waals surface area contributed by atoms with Crippen LogP contribution in [-0.2, 0) is 0 Å². The Kier molecular flexibility index (Phi) is 2.87. The Morgan fingerprint density at radius 1 is 2.00 bits per heavy atom. The highest BCUT2D eigenvalue weighted by atomic mass is 35.7. The zero-order chi connectivity index (χ0) is 4.28. The highest BCUT2D eigenvalue weighted by molar-refractivity contribution is 7.81. The van der Waals surface area contributed by atoms with Crippen molar-refractivity contribution in [3.8, 4) is 0 Å². The molecule has 0 aliphatic heterocycles. The summed E-state index contributed by atoms with van der Waals surface area (Å²) in [4.78, 5) is 8.07. The van der Waals surface area contributed by atoms with Crippen LogP contribution >= 0.6 is 18.7 Å². The third-order valence-electron chi connectivity index (χ3n) is 0.151. The smallest absolute Gasteiger partial charge is 0.146 e. The quantitative estimate of drug-likeness (QED) is 0.509. The molecule has 0 spiro atoms. The largest absolute Gasteiger partial charge is 0.356 e. The molecule has 0 aromatic heterocycles. The lowest BCUT2D eigenvalue weighted by Crippen LogP contribution is -1.37. The molecule has 0 aliphatic rings. The predicted octanol–water partition coefficient (Wildman–Crippen LogP) is 1.67. The van der Waals surface area contributed by atoms with Crippen LogP contribution in [0.3, 0.4) is 0 Å². The molecule has 30 valence electrons. The Morgan fingerprint density at radius 3 is 2.20 bits per heavy atom. The van der Waals surface area contributed by atoms with Crippen LogP contribution in [0.4, 0.5) is 0 Å². The molecule has 1 atom stereocenters. The molecule has 0 aliphatic carbocycles. The number of hydrogen-bond donors (Lipinski definition) is 1. The molecule has 0 aromatic rings. The van der Waals surface area contributed by atoms with Gasteiger partial charge in [-0.25, -0.2) is 0 Å². The predicted molar refractivity (Wildman–Crippen MR) is 25.2 cm³/mol. The molecular weight excluding hydrogens is 106 g/mol. The fourth-order valence-electron chi connectivity index (χ4n) is 0. The van der Waals surface area contributed by atoms with E-state index in [1.807, 2.05) is 0 Å². The van der Waals surface area contributed by atoms with Crippen molar-refractivity contribution in [2.75, 3.05) is 0 Å². The lowest BCUT2D eigenvalue weighted by atomic mass is 11.3. The summed E-state index contributed by atoms with van der Waals surface area (Å²) in [6.07, 6.45) is 0. The van der Waals surface area contributed by atoms with Gasteiger partial charge in [0.05, 0.1) is 0 Å². The van der Waals surface area contributed by atoms with E-state index < -0.39 is 7.50 Å². The minimum Gasteiger partial charge on any atom is -0.356 e. The molecule has 3 heteroatoms. The molecule has 5 heavy (non-hydrogen) atoms. The maximum Gasteiger partial charge on any atom is 0.146 e. The summed E-state index contributed by atoms with van der Waals surface area (Å²) in [6.45, 7) is 3.21. The van der Waals surface area contributed by atoms with E-state index in [0.29, 0.717) is 0 Å². The molecule has 0 saturated heterocycles. The molecule has 0 saturated carbocycles. The standard InChI is InChI=1S/C2H4ClOP/c1-2-5(3)4/h2,4H,1H2. The van der Waals surface area contributed by atoms with Gasteiger partial charge in [0.25, 0.3) is 0 Å². The summed E-state index contributed by atoms with van der Waals surface area (Å²) < 4.78 is 0. The van der Waals surface area contributed by atoms with Crippen LogP contribution in [0.5, 0.6) is 0 Å². The summed E-state index contributed by atoms with van der Waals surface area (Å²) in [6, 6.07) is 0. The van der Waals surface area contributed by atoms with Gasteiger partial charge in [-0.1, -0.05) is 17.8 Å². The van der Waals surface area contributed by atoms with Crippen LogP contribution in [0.15, 0.2) is 12.4 Å². The zero-order valence-corrected chi connectivity index (χ0v) is 4.21. The van der Waals surface area contributed by atoms with Gasteiger partial charge in [-0.05, 0) is 5.82 Å². The van der Waals surface area contributed by atoms with Gasteiger partial charge in [0.15, 0.2) is 0 Å². The van der Waals surface area contributed by atoms with Crippen LogP contribution in [0.2, 0.25) is 0 Å². The third-order valence-corrected chi connectivity index (χ3v) is 0.866. The van der Waals surface area contributed by atoms with E-state index in [9.17, 15) is 0 Å². The number of halogens is 1. The molecule has 0 radical (unpaired) electrons.